The Morgan fingerprint density at radius 3 is 2.91 bits per heavy atom. The molecule has 0 saturated carbocycles. The number of hydrogen-bond donors (Lipinski definition) is 0. The molecule has 2 heterocycles. The number of allylic oxidation sites excluding steroid dienone is 1. The Morgan fingerprint density at radius 2 is 2.27 bits per heavy atom. The third-order valence-electron chi connectivity index (χ3n) is 3.08. The zero-order valence-electron chi connectivity index (χ0n) is 7.56. The van der Waals surface area contributed by atoms with Crippen molar-refractivity contribution < 1.29 is 0 Å². The number of fused-ring (bicyclic) bond motifs is 1. The molecule has 2 aliphatic rings. The van der Waals surface area contributed by atoms with Crippen LogP contribution in [0.15, 0.2) is 11.1 Å². The van der Waals surface area contributed by atoms with Gasteiger partial charge in [-0.3, -0.25) is 4.90 Å². The topological polar surface area (TPSA) is 3.24 Å². The van der Waals surface area contributed by atoms with Crippen LogP contribution in [0.25, 0.3) is 0 Å². The molecule has 0 aromatic heterocycles. The summed E-state index contributed by atoms with van der Waals surface area (Å²) in [6.45, 7) is 7.11. The summed E-state index contributed by atoms with van der Waals surface area (Å²) < 4.78 is 0. The van der Waals surface area contributed by atoms with Gasteiger partial charge in [-0.1, -0.05) is 11.1 Å². The monoisotopic (exact) mass is 151 g/mol. The molecule has 0 radical (unpaired) electrons. The smallest absolute Gasteiger partial charge is 0.0199 e. The van der Waals surface area contributed by atoms with Crippen LogP contribution in [0.3, 0.4) is 0 Å². The lowest BCUT2D eigenvalue weighted by Crippen LogP contribution is -2.21. The highest BCUT2D eigenvalue weighted by atomic mass is 15.2. The SMILES string of the molecule is CC(C)=C1CC2CCCN2C1. The fourth-order valence-electron chi connectivity index (χ4n) is 2.29. The van der Waals surface area contributed by atoms with Crippen LogP contribution in [0.1, 0.15) is 33.1 Å². The average molecular weight is 151 g/mol. The van der Waals surface area contributed by atoms with Gasteiger partial charge in [0.2, 0.25) is 0 Å². The third kappa shape index (κ3) is 1.22. The van der Waals surface area contributed by atoms with Crippen LogP contribution in [0.4, 0.5) is 0 Å². The van der Waals surface area contributed by atoms with Gasteiger partial charge in [0.05, 0.1) is 0 Å². The van der Waals surface area contributed by atoms with Gasteiger partial charge in [0.1, 0.15) is 0 Å². The molecule has 1 heteroatoms. The third-order valence-corrected chi connectivity index (χ3v) is 3.08. The van der Waals surface area contributed by atoms with Gasteiger partial charge < -0.3 is 0 Å². The Bertz CT molecular complexity index is 175. The molecular formula is C10H17N. The molecule has 1 unspecified atom stereocenters. The van der Waals surface area contributed by atoms with Gasteiger partial charge in [-0.25, -0.2) is 0 Å². The van der Waals surface area contributed by atoms with Gasteiger partial charge in [0.25, 0.3) is 0 Å². The van der Waals surface area contributed by atoms with E-state index in [2.05, 4.69) is 18.7 Å². The molecule has 2 aliphatic heterocycles. The predicted molar refractivity (Wildman–Crippen MR) is 47.6 cm³/mol. The van der Waals surface area contributed by atoms with E-state index in [4.69, 9.17) is 0 Å². The lowest BCUT2D eigenvalue weighted by Gasteiger charge is -2.11. The van der Waals surface area contributed by atoms with Crippen LogP contribution in [-0.2, 0) is 0 Å². The summed E-state index contributed by atoms with van der Waals surface area (Å²) in [5, 5.41) is 0. The molecule has 0 spiro atoms. The first-order valence-corrected chi connectivity index (χ1v) is 4.66. The van der Waals surface area contributed by atoms with Crippen molar-refractivity contribution in [2.45, 2.75) is 39.2 Å². The summed E-state index contributed by atoms with van der Waals surface area (Å²) in [5.41, 5.74) is 3.26. The Morgan fingerprint density at radius 1 is 1.45 bits per heavy atom. The summed E-state index contributed by atoms with van der Waals surface area (Å²) >= 11 is 0. The van der Waals surface area contributed by atoms with Crippen molar-refractivity contribution in [1.82, 2.24) is 4.90 Å². The summed E-state index contributed by atoms with van der Waals surface area (Å²) in [6, 6.07) is 0.917. The molecule has 0 N–H and O–H groups in total. The van der Waals surface area contributed by atoms with Crippen molar-refractivity contribution >= 4 is 0 Å². The van der Waals surface area contributed by atoms with E-state index in [0.717, 1.165) is 6.04 Å². The van der Waals surface area contributed by atoms with Gasteiger partial charge in [-0.15, -0.1) is 0 Å². The predicted octanol–water partition coefficient (Wildman–Crippen LogP) is 2.19. The normalized spacial score (nSPS) is 31.1. The van der Waals surface area contributed by atoms with Crippen molar-refractivity contribution in [1.29, 1.82) is 0 Å². The first kappa shape index (κ1) is 7.35. The van der Waals surface area contributed by atoms with E-state index in [1.165, 1.54) is 32.4 Å². The molecule has 0 aromatic rings. The van der Waals surface area contributed by atoms with Crippen molar-refractivity contribution in [3.63, 3.8) is 0 Å². The van der Waals surface area contributed by atoms with Gasteiger partial charge in [0, 0.05) is 12.6 Å². The van der Waals surface area contributed by atoms with Crippen molar-refractivity contribution in [2.24, 2.45) is 0 Å². The highest BCUT2D eigenvalue weighted by Crippen LogP contribution is 2.32. The van der Waals surface area contributed by atoms with Crippen LogP contribution < -0.4 is 0 Å². The lowest BCUT2D eigenvalue weighted by atomic mass is 10.1. The van der Waals surface area contributed by atoms with Gasteiger partial charge >= 0.3 is 0 Å². The molecule has 2 rings (SSSR count). The van der Waals surface area contributed by atoms with Crippen LogP contribution >= 0.6 is 0 Å². The Labute approximate surface area is 69.1 Å². The van der Waals surface area contributed by atoms with Crippen LogP contribution in [0.2, 0.25) is 0 Å². The largest absolute Gasteiger partial charge is 0.296 e. The lowest BCUT2D eigenvalue weighted by molar-refractivity contribution is 0.327. The number of nitrogens with zero attached hydrogens (tertiary/aromatic N) is 1. The fraction of sp³-hybridized carbons (Fsp3) is 0.800. The molecule has 11 heavy (non-hydrogen) atoms. The van der Waals surface area contributed by atoms with Gasteiger partial charge in [-0.05, 0) is 39.7 Å². The number of rotatable bonds is 0. The highest BCUT2D eigenvalue weighted by molar-refractivity contribution is 5.19. The maximum absolute atomic E-state index is 2.64. The first-order chi connectivity index (χ1) is 5.27. The molecule has 0 aliphatic carbocycles. The van der Waals surface area contributed by atoms with E-state index in [1.807, 2.05) is 0 Å². The van der Waals surface area contributed by atoms with E-state index >= 15 is 0 Å². The summed E-state index contributed by atoms with van der Waals surface area (Å²) in [6.07, 6.45) is 4.24. The maximum atomic E-state index is 2.64. The highest BCUT2D eigenvalue weighted by Gasteiger charge is 2.31. The van der Waals surface area contributed by atoms with Crippen molar-refractivity contribution in [2.75, 3.05) is 13.1 Å². The second kappa shape index (κ2) is 2.63. The van der Waals surface area contributed by atoms with E-state index < -0.39 is 0 Å². The molecule has 2 saturated heterocycles. The van der Waals surface area contributed by atoms with Crippen LogP contribution in [-0.4, -0.2) is 24.0 Å². The molecular weight excluding hydrogens is 134 g/mol. The minimum Gasteiger partial charge on any atom is -0.296 e. The van der Waals surface area contributed by atoms with Gasteiger partial charge in [-0.2, -0.15) is 0 Å². The summed E-state index contributed by atoms with van der Waals surface area (Å²) in [7, 11) is 0. The van der Waals surface area contributed by atoms with Crippen LogP contribution in [0.5, 0.6) is 0 Å². The zero-order valence-corrected chi connectivity index (χ0v) is 7.56. The Balaban J connectivity index is 2.11. The molecule has 1 atom stereocenters. The average Bonchev–Trinajstić information content (AvgIpc) is 2.40. The molecule has 1 nitrogen and oxygen atoms in total. The quantitative estimate of drug-likeness (QED) is 0.480. The standard InChI is InChI=1S/C10H17N/c1-8(2)9-6-10-4-3-5-11(10)7-9/h10H,3-7H2,1-2H3. The Hall–Kier alpha value is -0.300. The van der Waals surface area contributed by atoms with Crippen molar-refractivity contribution in [3.8, 4) is 0 Å². The number of hydrogen-bond acceptors (Lipinski definition) is 1. The maximum Gasteiger partial charge on any atom is 0.0199 e. The minimum absolute atomic E-state index is 0.917. The molecule has 0 aromatic carbocycles. The van der Waals surface area contributed by atoms with E-state index in [-0.39, 0.29) is 0 Å². The molecule has 62 valence electrons. The molecule has 0 bridgehead atoms. The van der Waals surface area contributed by atoms with E-state index in [1.54, 1.807) is 11.1 Å². The van der Waals surface area contributed by atoms with Crippen molar-refractivity contribution in [3.05, 3.63) is 11.1 Å². The second-order valence-electron chi connectivity index (χ2n) is 4.07. The van der Waals surface area contributed by atoms with E-state index in [0.29, 0.717) is 0 Å². The minimum atomic E-state index is 0.917. The molecule has 2 fully saturated rings. The van der Waals surface area contributed by atoms with Crippen LogP contribution in [0, 0.1) is 0 Å². The van der Waals surface area contributed by atoms with Gasteiger partial charge in [0.15, 0.2) is 0 Å². The second-order valence-corrected chi connectivity index (χ2v) is 4.07. The Kier molecular flexibility index (Phi) is 1.76. The molecule has 0 amide bonds. The summed E-state index contributed by atoms with van der Waals surface area (Å²) in [5.74, 6) is 0. The van der Waals surface area contributed by atoms with E-state index in [9.17, 15) is 0 Å². The fourth-order valence-corrected chi connectivity index (χ4v) is 2.29. The summed E-state index contributed by atoms with van der Waals surface area (Å²) in [4.78, 5) is 2.64. The zero-order chi connectivity index (χ0) is 7.84. The first-order valence-electron chi connectivity index (χ1n) is 4.66.